The minimum atomic E-state index is -0.554. The second kappa shape index (κ2) is 9.48. The van der Waals surface area contributed by atoms with Gasteiger partial charge in [0.15, 0.2) is 5.78 Å². The molecule has 3 N–H and O–H groups in total. The van der Waals surface area contributed by atoms with E-state index in [1.807, 2.05) is 17.0 Å². The van der Waals surface area contributed by atoms with Gasteiger partial charge in [0, 0.05) is 25.2 Å². The first-order valence-corrected chi connectivity index (χ1v) is 9.54. The van der Waals surface area contributed by atoms with Crippen LogP contribution in [0.2, 0.25) is 0 Å². The van der Waals surface area contributed by atoms with E-state index in [2.05, 4.69) is 12.1 Å². The highest BCUT2D eigenvalue weighted by Crippen LogP contribution is 2.29. The molecule has 28 heavy (non-hydrogen) atoms. The second-order valence-corrected chi connectivity index (χ2v) is 7.03. The van der Waals surface area contributed by atoms with Crippen LogP contribution in [-0.4, -0.2) is 48.0 Å². The summed E-state index contributed by atoms with van der Waals surface area (Å²) in [6.45, 7) is 1.17. The highest BCUT2D eigenvalue weighted by atomic mass is 16.5. The first-order valence-electron chi connectivity index (χ1n) is 9.54. The Morgan fingerprint density at radius 3 is 2.57 bits per heavy atom. The summed E-state index contributed by atoms with van der Waals surface area (Å²) in [6, 6.07) is 15.2. The number of nitrogens with two attached hydrogens (primary N) is 1. The summed E-state index contributed by atoms with van der Waals surface area (Å²) in [6.07, 6.45) is 1.84. The monoisotopic (exact) mass is 382 g/mol. The van der Waals surface area contributed by atoms with Crippen LogP contribution in [0.3, 0.4) is 0 Å². The Morgan fingerprint density at radius 1 is 1.11 bits per heavy atom. The summed E-state index contributed by atoms with van der Waals surface area (Å²) >= 11 is 0. The lowest BCUT2D eigenvalue weighted by Gasteiger charge is -2.32. The highest BCUT2D eigenvalue weighted by Gasteiger charge is 2.25. The Kier molecular flexibility index (Phi) is 6.79. The molecule has 1 aliphatic heterocycles. The summed E-state index contributed by atoms with van der Waals surface area (Å²) in [7, 11) is 0. The van der Waals surface area contributed by atoms with Gasteiger partial charge < -0.3 is 20.5 Å². The van der Waals surface area contributed by atoms with Crippen LogP contribution in [0.1, 0.15) is 40.2 Å². The van der Waals surface area contributed by atoms with Crippen molar-refractivity contribution in [1.29, 1.82) is 0 Å². The molecule has 1 heterocycles. The van der Waals surface area contributed by atoms with Crippen LogP contribution in [0.25, 0.3) is 0 Å². The molecule has 2 aromatic carbocycles. The first kappa shape index (κ1) is 20.0. The van der Waals surface area contributed by atoms with Crippen molar-refractivity contribution < 1.29 is 19.4 Å². The average Bonchev–Trinajstić information content (AvgIpc) is 2.77. The third kappa shape index (κ3) is 4.97. The van der Waals surface area contributed by atoms with E-state index in [0.717, 1.165) is 18.4 Å². The van der Waals surface area contributed by atoms with E-state index >= 15 is 0 Å². The molecule has 1 aliphatic rings. The minimum absolute atomic E-state index is 0.0342. The number of hydrogen-bond acceptors (Lipinski definition) is 5. The normalized spacial score (nSPS) is 14.7. The van der Waals surface area contributed by atoms with Crippen molar-refractivity contribution in [2.75, 3.05) is 26.3 Å². The second-order valence-electron chi connectivity index (χ2n) is 7.03. The van der Waals surface area contributed by atoms with E-state index in [1.165, 1.54) is 5.56 Å². The third-order valence-corrected chi connectivity index (χ3v) is 5.10. The number of aliphatic hydroxyl groups excluding tert-OH is 1. The number of aliphatic hydroxyl groups is 1. The van der Waals surface area contributed by atoms with Crippen LogP contribution < -0.4 is 10.5 Å². The van der Waals surface area contributed by atoms with Crippen LogP contribution in [0.15, 0.2) is 48.5 Å². The van der Waals surface area contributed by atoms with Gasteiger partial charge in [-0.25, -0.2) is 0 Å². The van der Waals surface area contributed by atoms with Crippen LogP contribution in [0.4, 0.5) is 0 Å². The minimum Gasteiger partial charge on any atom is -0.486 e. The Balaban J connectivity index is 1.59. The van der Waals surface area contributed by atoms with E-state index in [1.54, 1.807) is 24.3 Å². The van der Waals surface area contributed by atoms with Gasteiger partial charge >= 0.3 is 0 Å². The number of Topliss-reactive ketones (excluding diaryl/α,β-unsaturated/α-hetero) is 1. The van der Waals surface area contributed by atoms with Gasteiger partial charge in [-0.05, 0) is 48.1 Å². The number of amides is 1. The van der Waals surface area contributed by atoms with Crippen LogP contribution in [-0.2, 0) is 11.3 Å². The van der Waals surface area contributed by atoms with Crippen molar-refractivity contribution in [3.05, 3.63) is 65.2 Å². The number of benzene rings is 2. The summed E-state index contributed by atoms with van der Waals surface area (Å²) in [5.41, 5.74) is 8.70. The van der Waals surface area contributed by atoms with Crippen molar-refractivity contribution in [3.63, 3.8) is 0 Å². The van der Waals surface area contributed by atoms with Crippen molar-refractivity contribution in [1.82, 2.24) is 4.90 Å². The summed E-state index contributed by atoms with van der Waals surface area (Å²) in [5.74, 6) is 0.446. The number of nitrogens with zero attached hydrogens (tertiary/aromatic N) is 1. The van der Waals surface area contributed by atoms with Crippen molar-refractivity contribution in [2.45, 2.75) is 25.3 Å². The summed E-state index contributed by atoms with van der Waals surface area (Å²) in [4.78, 5) is 25.9. The van der Waals surface area contributed by atoms with Crippen molar-refractivity contribution >= 4 is 11.7 Å². The molecule has 0 bridgehead atoms. The Morgan fingerprint density at radius 2 is 1.86 bits per heavy atom. The van der Waals surface area contributed by atoms with Gasteiger partial charge in [0.1, 0.15) is 19.0 Å². The maximum absolute atomic E-state index is 12.8. The topological polar surface area (TPSA) is 92.9 Å². The predicted octanol–water partition coefficient (Wildman–Crippen LogP) is 2.11. The number of carbonyl (C=O) groups is 2. The molecule has 0 radical (unpaired) electrons. The molecule has 1 saturated heterocycles. The van der Waals surface area contributed by atoms with Crippen molar-refractivity contribution in [2.24, 2.45) is 5.73 Å². The van der Waals surface area contributed by atoms with E-state index < -0.39 is 12.4 Å². The number of likely N-dealkylation sites (tertiary alicyclic amines) is 1. The van der Waals surface area contributed by atoms with E-state index in [4.69, 9.17) is 15.6 Å². The third-order valence-electron chi connectivity index (χ3n) is 5.10. The molecular weight excluding hydrogens is 356 g/mol. The van der Waals surface area contributed by atoms with Crippen LogP contribution in [0.5, 0.6) is 5.75 Å². The fourth-order valence-corrected chi connectivity index (χ4v) is 3.50. The zero-order valence-corrected chi connectivity index (χ0v) is 15.8. The molecule has 1 fully saturated rings. The summed E-state index contributed by atoms with van der Waals surface area (Å²) in [5, 5.41) is 8.76. The maximum Gasteiger partial charge on any atom is 0.253 e. The standard InChI is InChI=1S/C22H26N2O4/c23-13-16-3-1-4-18(11-16)17-7-9-24(10-8-17)22(27)19-5-2-6-21(12-19)28-15-20(26)14-25/h1-6,11-12,17,25H,7-10,13-15,23H2. The fraction of sp³-hybridized carbons (Fsp3) is 0.364. The lowest BCUT2D eigenvalue weighted by atomic mass is 9.88. The van der Waals surface area contributed by atoms with Crippen LogP contribution >= 0.6 is 0 Å². The zero-order valence-electron chi connectivity index (χ0n) is 15.8. The van der Waals surface area contributed by atoms with Gasteiger partial charge in [-0.1, -0.05) is 30.3 Å². The van der Waals surface area contributed by atoms with E-state index in [0.29, 0.717) is 36.9 Å². The molecule has 2 aromatic rings. The quantitative estimate of drug-likeness (QED) is 0.765. The molecule has 0 atom stereocenters. The molecular formula is C22H26N2O4. The zero-order chi connectivity index (χ0) is 19.9. The largest absolute Gasteiger partial charge is 0.486 e. The molecule has 1 amide bonds. The van der Waals surface area contributed by atoms with Gasteiger partial charge in [-0.15, -0.1) is 0 Å². The van der Waals surface area contributed by atoms with Gasteiger partial charge in [0.05, 0.1) is 0 Å². The predicted molar refractivity (Wildman–Crippen MR) is 106 cm³/mol. The van der Waals surface area contributed by atoms with Gasteiger partial charge in [-0.2, -0.15) is 0 Å². The van der Waals surface area contributed by atoms with Gasteiger partial charge in [-0.3, -0.25) is 9.59 Å². The number of ether oxygens (including phenoxy) is 1. The Hall–Kier alpha value is -2.70. The molecule has 0 spiro atoms. The highest BCUT2D eigenvalue weighted by molar-refractivity contribution is 5.94. The van der Waals surface area contributed by atoms with E-state index in [-0.39, 0.29) is 12.5 Å². The molecule has 6 nitrogen and oxygen atoms in total. The average molecular weight is 382 g/mol. The molecule has 0 aliphatic carbocycles. The van der Waals surface area contributed by atoms with Crippen LogP contribution in [0, 0.1) is 0 Å². The molecule has 0 unspecified atom stereocenters. The smallest absolute Gasteiger partial charge is 0.253 e. The Labute approximate surface area is 164 Å². The number of piperidine rings is 1. The van der Waals surface area contributed by atoms with E-state index in [9.17, 15) is 9.59 Å². The van der Waals surface area contributed by atoms with Gasteiger partial charge in [0.2, 0.25) is 0 Å². The van der Waals surface area contributed by atoms with Crippen molar-refractivity contribution in [3.8, 4) is 5.75 Å². The molecule has 0 saturated carbocycles. The lowest BCUT2D eigenvalue weighted by Crippen LogP contribution is -2.37. The molecule has 3 rings (SSSR count). The number of hydrogen-bond donors (Lipinski definition) is 2. The first-order chi connectivity index (χ1) is 13.6. The Bertz CT molecular complexity index is 829. The lowest BCUT2D eigenvalue weighted by molar-refractivity contribution is -0.123. The number of ketones is 1. The number of rotatable bonds is 7. The number of carbonyl (C=O) groups excluding carboxylic acids is 2. The molecule has 0 aromatic heterocycles. The summed E-state index contributed by atoms with van der Waals surface area (Å²) < 4.78 is 5.34. The fourth-order valence-electron chi connectivity index (χ4n) is 3.50. The molecule has 148 valence electrons. The SMILES string of the molecule is NCc1cccc(C2CCN(C(=O)c3cccc(OCC(=O)CO)c3)CC2)c1. The van der Waals surface area contributed by atoms with Gasteiger partial charge in [0.25, 0.3) is 5.91 Å². The maximum atomic E-state index is 12.8. The molecule has 6 heteroatoms.